The summed E-state index contributed by atoms with van der Waals surface area (Å²) in [6, 6.07) is 0.0835. The zero-order valence-corrected chi connectivity index (χ0v) is 9.80. The van der Waals surface area contributed by atoms with Crippen molar-refractivity contribution >= 4 is 11.8 Å². The fraction of sp³-hybridized carbons (Fsp3) is 0.800. The molecular weight excluding hydrogens is 210 g/mol. The van der Waals surface area contributed by atoms with Gasteiger partial charge in [-0.15, -0.1) is 0 Å². The summed E-state index contributed by atoms with van der Waals surface area (Å²) in [5.74, 6) is 4.48. The number of rotatable bonds is 3. The van der Waals surface area contributed by atoms with Gasteiger partial charge in [0.05, 0.1) is 0 Å². The van der Waals surface area contributed by atoms with Gasteiger partial charge in [-0.05, 0) is 31.3 Å². The van der Waals surface area contributed by atoms with Gasteiger partial charge in [-0.25, -0.2) is 0 Å². The highest BCUT2D eigenvalue weighted by Gasteiger charge is 2.21. The molecule has 2 N–H and O–H groups in total. The lowest BCUT2D eigenvalue weighted by Gasteiger charge is -2.17. The molecule has 0 bridgehead atoms. The Balaban J connectivity index is 1.99. The number of aromatic nitrogens is 2. The van der Waals surface area contributed by atoms with E-state index in [1.165, 1.54) is 24.3 Å². The summed E-state index contributed by atoms with van der Waals surface area (Å²) >= 11 is 2.00. The van der Waals surface area contributed by atoms with Crippen LogP contribution in [0.15, 0.2) is 4.52 Å². The van der Waals surface area contributed by atoms with Gasteiger partial charge in [0.25, 0.3) is 0 Å². The quantitative estimate of drug-likeness (QED) is 0.849. The molecule has 0 radical (unpaired) electrons. The summed E-state index contributed by atoms with van der Waals surface area (Å²) in [6.45, 7) is 1.95. The predicted molar refractivity (Wildman–Crippen MR) is 61.0 cm³/mol. The molecule has 4 nitrogen and oxygen atoms in total. The first-order valence-electron chi connectivity index (χ1n) is 5.41. The van der Waals surface area contributed by atoms with Crippen LogP contribution in [0.4, 0.5) is 0 Å². The SMILES string of the molecule is CC(N)Cc1nc(C2CCSCC2)no1. The van der Waals surface area contributed by atoms with Crippen LogP contribution in [0.5, 0.6) is 0 Å². The second-order valence-corrected chi connectivity index (χ2v) is 5.34. The topological polar surface area (TPSA) is 64.9 Å². The highest BCUT2D eigenvalue weighted by molar-refractivity contribution is 7.99. The minimum atomic E-state index is 0.0835. The van der Waals surface area contributed by atoms with Crippen molar-refractivity contribution < 1.29 is 4.52 Å². The van der Waals surface area contributed by atoms with Crippen LogP contribution in [0.1, 0.15) is 37.4 Å². The second-order valence-electron chi connectivity index (χ2n) is 4.11. The highest BCUT2D eigenvalue weighted by atomic mass is 32.2. The van der Waals surface area contributed by atoms with E-state index in [0.29, 0.717) is 18.2 Å². The van der Waals surface area contributed by atoms with Crippen molar-refractivity contribution in [3.8, 4) is 0 Å². The monoisotopic (exact) mass is 227 g/mol. The van der Waals surface area contributed by atoms with E-state index in [-0.39, 0.29) is 6.04 Å². The van der Waals surface area contributed by atoms with Crippen molar-refractivity contribution in [1.29, 1.82) is 0 Å². The molecule has 0 spiro atoms. The van der Waals surface area contributed by atoms with E-state index in [4.69, 9.17) is 10.3 Å². The second kappa shape index (κ2) is 4.99. The summed E-state index contributed by atoms with van der Waals surface area (Å²) in [6.07, 6.45) is 3.01. The number of nitrogens with zero attached hydrogens (tertiary/aromatic N) is 2. The summed E-state index contributed by atoms with van der Waals surface area (Å²) in [5, 5.41) is 4.04. The third-order valence-electron chi connectivity index (χ3n) is 2.57. The first kappa shape index (κ1) is 11.0. The van der Waals surface area contributed by atoms with Crippen LogP contribution < -0.4 is 5.73 Å². The van der Waals surface area contributed by atoms with E-state index in [1.807, 2.05) is 18.7 Å². The van der Waals surface area contributed by atoms with Crippen LogP contribution in [0.25, 0.3) is 0 Å². The maximum atomic E-state index is 5.68. The van der Waals surface area contributed by atoms with Gasteiger partial charge in [-0.1, -0.05) is 5.16 Å². The van der Waals surface area contributed by atoms with Gasteiger partial charge >= 0.3 is 0 Å². The molecule has 1 aliphatic rings. The molecule has 1 fully saturated rings. The Bertz CT molecular complexity index is 307. The molecule has 5 heteroatoms. The van der Waals surface area contributed by atoms with Crippen LogP contribution >= 0.6 is 11.8 Å². The van der Waals surface area contributed by atoms with E-state index in [9.17, 15) is 0 Å². The highest BCUT2D eigenvalue weighted by Crippen LogP contribution is 2.29. The van der Waals surface area contributed by atoms with E-state index in [0.717, 1.165) is 5.82 Å². The third-order valence-corrected chi connectivity index (χ3v) is 3.62. The van der Waals surface area contributed by atoms with Crippen LogP contribution in [0, 0.1) is 0 Å². The van der Waals surface area contributed by atoms with E-state index in [1.54, 1.807) is 0 Å². The molecule has 1 aliphatic heterocycles. The minimum absolute atomic E-state index is 0.0835. The van der Waals surface area contributed by atoms with Crippen molar-refractivity contribution in [2.75, 3.05) is 11.5 Å². The predicted octanol–water partition coefficient (Wildman–Crippen LogP) is 1.57. The van der Waals surface area contributed by atoms with Crippen molar-refractivity contribution in [3.63, 3.8) is 0 Å². The molecule has 84 valence electrons. The molecule has 1 atom stereocenters. The van der Waals surface area contributed by atoms with Gasteiger partial charge in [-0.3, -0.25) is 0 Å². The first-order valence-corrected chi connectivity index (χ1v) is 6.57. The number of hydrogen-bond donors (Lipinski definition) is 1. The fourth-order valence-corrected chi connectivity index (χ4v) is 2.85. The Morgan fingerprint density at radius 3 is 2.93 bits per heavy atom. The summed E-state index contributed by atoms with van der Waals surface area (Å²) in [5.41, 5.74) is 5.68. The summed E-state index contributed by atoms with van der Waals surface area (Å²) in [7, 11) is 0. The average molecular weight is 227 g/mol. The summed E-state index contributed by atoms with van der Waals surface area (Å²) in [4.78, 5) is 4.41. The van der Waals surface area contributed by atoms with Gasteiger partial charge < -0.3 is 10.3 Å². The molecule has 1 saturated heterocycles. The molecule has 1 aromatic heterocycles. The van der Waals surface area contributed by atoms with Gasteiger partial charge in [0, 0.05) is 18.4 Å². The first-order chi connectivity index (χ1) is 7.25. The van der Waals surface area contributed by atoms with Crippen LogP contribution in [-0.2, 0) is 6.42 Å². The van der Waals surface area contributed by atoms with Crippen molar-refractivity contribution in [3.05, 3.63) is 11.7 Å². The van der Waals surface area contributed by atoms with Gasteiger partial charge in [0.2, 0.25) is 5.89 Å². The third kappa shape index (κ3) is 2.95. The number of hydrogen-bond acceptors (Lipinski definition) is 5. The molecule has 0 saturated carbocycles. The number of nitrogens with two attached hydrogens (primary N) is 1. The maximum absolute atomic E-state index is 5.68. The Morgan fingerprint density at radius 1 is 1.53 bits per heavy atom. The lowest BCUT2D eigenvalue weighted by atomic mass is 10.0. The fourth-order valence-electron chi connectivity index (χ4n) is 1.75. The van der Waals surface area contributed by atoms with Gasteiger partial charge in [0.1, 0.15) is 0 Å². The van der Waals surface area contributed by atoms with Crippen LogP contribution in [0.2, 0.25) is 0 Å². The molecule has 0 aromatic carbocycles. The Kier molecular flexibility index (Phi) is 3.64. The van der Waals surface area contributed by atoms with Gasteiger partial charge in [0.15, 0.2) is 5.82 Å². The maximum Gasteiger partial charge on any atom is 0.228 e. The lowest BCUT2D eigenvalue weighted by Crippen LogP contribution is -2.18. The van der Waals surface area contributed by atoms with Crippen molar-refractivity contribution in [2.45, 2.75) is 38.1 Å². The zero-order valence-electron chi connectivity index (χ0n) is 8.98. The Morgan fingerprint density at radius 2 is 2.27 bits per heavy atom. The van der Waals surface area contributed by atoms with Crippen LogP contribution in [0.3, 0.4) is 0 Å². The molecule has 0 amide bonds. The molecule has 2 heterocycles. The van der Waals surface area contributed by atoms with Crippen LogP contribution in [-0.4, -0.2) is 27.7 Å². The van der Waals surface area contributed by atoms with Gasteiger partial charge in [-0.2, -0.15) is 16.7 Å². The lowest BCUT2D eigenvalue weighted by molar-refractivity contribution is 0.362. The summed E-state index contributed by atoms with van der Waals surface area (Å²) < 4.78 is 5.18. The molecular formula is C10H17N3OS. The van der Waals surface area contributed by atoms with Crippen molar-refractivity contribution in [1.82, 2.24) is 10.1 Å². The standard InChI is InChI=1S/C10H17N3OS/c1-7(11)6-9-12-10(13-14-9)8-2-4-15-5-3-8/h7-8H,2-6,11H2,1H3. The molecule has 0 aliphatic carbocycles. The molecule has 15 heavy (non-hydrogen) atoms. The minimum Gasteiger partial charge on any atom is -0.339 e. The zero-order chi connectivity index (χ0) is 10.7. The van der Waals surface area contributed by atoms with E-state index < -0.39 is 0 Å². The van der Waals surface area contributed by atoms with E-state index >= 15 is 0 Å². The Hall–Kier alpha value is -0.550. The average Bonchev–Trinajstić information content (AvgIpc) is 2.67. The number of thioether (sulfide) groups is 1. The Labute approximate surface area is 94.0 Å². The van der Waals surface area contributed by atoms with E-state index in [2.05, 4.69) is 10.1 Å². The normalized spacial score (nSPS) is 20.4. The smallest absolute Gasteiger partial charge is 0.228 e. The van der Waals surface area contributed by atoms with Crippen molar-refractivity contribution in [2.24, 2.45) is 5.73 Å². The molecule has 1 unspecified atom stereocenters. The molecule has 2 rings (SSSR count). The largest absolute Gasteiger partial charge is 0.339 e. The molecule has 1 aromatic rings.